The maximum atomic E-state index is 14.0. The first-order valence-corrected chi connectivity index (χ1v) is 25.8. The fourth-order valence-corrected chi connectivity index (χ4v) is 8.68. The van der Waals surface area contributed by atoms with E-state index in [0.717, 1.165) is 6.92 Å². The van der Waals surface area contributed by atoms with E-state index in [1.54, 1.807) is 30.5 Å². The molecule has 1 aliphatic heterocycles. The SMILES string of the molecule is CSCC[C@H]([NH3+])C(=O)N[C@@H](Cc1cnc[nH]1)C(=O)N1CCC[C@H]1C(=O)N[C@@H](C)C(=O)N[C@@H](CCC(N)=O)C(=O)N[C@H](C(=O)N[C@@H](CO)C(=O)N[C@@H](CCC(N)=O)C(=O)N[C@@H](Cc1c[nH]c2ccccc12)C(=O)[O-])[C@@H](C)O. The zero-order valence-electron chi connectivity index (χ0n) is 42.3. The Kier molecular flexibility index (Phi) is 23.6. The van der Waals surface area contributed by atoms with Crippen LogP contribution < -0.4 is 59.5 Å². The number of likely N-dealkylation sites (tertiary alicyclic amines) is 1. The van der Waals surface area contributed by atoms with Crippen molar-refractivity contribution in [1.29, 1.82) is 0 Å². The molecule has 4 rings (SSSR count). The number of carboxylic acids is 1. The Hall–Kier alpha value is -7.63. The maximum absolute atomic E-state index is 14.0. The van der Waals surface area contributed by atoms with E-state index in [-0.39, 0.29) is 25.8 Å². The number of aliphatic hydroxyl groups is 2. The van der Waals surface area contributed by atoms with E-state index in [9.17, 15) is 68.1 Å². The largest absolute Gasteiger partial charge is 0.548 e. The molecule has 0 bridgehead atoms. The molecule has 1 saturated heterocycles. The standard InChI is InChI=1S/C47H68N14O14S/c1-23(54-44(71)35-9-6-15-61(35)46(73)32(18-26-20-51-22-53-26)57-40(67)28(48)14-16-76-3)39(66)55-31(11-13-37(50)65)42(69)60-38(24(2)63)45(72)59-34(21-62)43(70)56-30(10-12-36(49)64)41(68)58-33(47(74)75)17-25-19-52-29-8-5-4-7-27(25)29/h4-5,7-8,19-20,22-24,28,30-35,38,52,62-63H,6,9-18,21,48H2,1-3H3,(H2,49,64)(H2,50,65)(H,51,53)(H,54,71)(H,55,66)(H,56,70)(H,57,67)(H,58,68)(H,59,72)(H,60,69)(H,74,75)/t23-,24+,28-,30-,31-,32-,33-,34-,35-,38-/m0/s1. The second kappa shape index (κ2) is 29.5. The van der Waals surface area contributed by atoms with Crippen molar-refractivity contribution in [2.75, 3.05) is 25.2 Å². The van der Waals surface area contributed by atoms with E-state index in [0.29, 0.717) is 40.8 Å². The van der Waals surface area contributed by atoms with Crippen LogP contribution in [0.15, 0.2) is 43.0 Å². The number of imidazole rings is 1. The van der Waals surface area contributed by atoms with Crippen molar-refractivity contribution in [2.24, 2.45) is 11.5 Å². The topological polar surface area (TPSA) is 463 Å². The first-order valence-electron chi connectivity index (χ1n) is 24.4. The van der Waals surface area contributed by atoms with Gasteiger partial charge in [-0.25, -0.2) is 4.98 Å². The van der Waals surface area contributed by atoms with Gasteiger partial charge in [0.05, 0.1) is 31.0 Å². The number of primary amides is 2. The number of carbonyl (C=O) groups excluding carboxylic acids is 11. The Balaban J connectivity index is 1.42. The fraction of sp³-hybridized carbons (Fsp3) is 0.532. The highest BCUT2D eigenvalue weighted by molar-refractivity contribution is 7.98. The van der Waals surface area contributed by atoms with E-state index in [2.05, 4.69) is 57.9 Å². The fourth-order valence-electron chi connectivity index (χ4n) is 8.16. The number of hydrogen-bond acceptors (Lipinski definition) is 16. The van der Waals surface area contributed by atoms with Crippen molar-refractivity contribution >= 4 is 87.7 Å². The molecule has 0 radical (unpaired) electrons. The minimum Gasteiger partial charge on any atom is -0.548 e. The molecule has 1 fully saturated rings. The normalized spacial score (nSPS) is 16.8. The Labute approximate surface area is 440 Å². The molecular weight excluding hydrogens is 1020 g/mol. The van der Waals surface area contributed by atoms with E-state index in [1.807, 2.05) is 6.26 Å². The van der Waals surface area contributed by atoms with Crippen LogP contribution in [0.2, 0.25) is 0 Å². The van der Waals surface area contributed by atoms with Gasteiger partial charge >= 0.3 is 0 Å². The van der Waals surface area contributed by atoms with E-state index in [1.165, 1.54) is 36.1 Å². The third-order valence-electron chi connectivity index (χ3n) is 12.4. The van der Waals surface area contributed by atoms with Crippen LogP contribution in [-0.4, -0.2) is 181 Å². The Bertz CT molecular complexity index is 2540. The van der Waals surface area contributed by atoms with Gasteiger partial charge in [-0.2, -0.15) is 11.8 Å². The summed E-state index contributed by atoms with van der Waals surface area (Å²) in [4.78, 5) is 156. The number of nitrogens with two attached hydrogens (primary N) is 2. The number of nitrogens with one attached hydrogen (secondary N) is 9. The Morgan fingerprint density at radius 3 is 1.96 bits per heavy atom. The van der Waals surface area contributed by atoms with E-state index in [4.69, 9.17) is 11.5 Å². The molecule has 0 saturated carbocycles. The van der Waals surface area contributed by atoms with Crippen LogP contribution in [0.3, 0.4) is 0 Å². The quantitative estimate of drug-likeness (QED) is 0.0285. The minimum absolute atomic E-state index is 0.0260. The lowest BCUT2D eigenvalue weighted by molar-refractivity contribution is -0.404. The summed E-state index contributed by atoms with van der Waals surface area (Å²) in [6.45, 7) is 1.38. The number of nitrogens with zero attached hydrogens (tertiary/aromatic N) is 2. The number of aliphatic carboxylic acids is 1. The molecule has 1 aliphatic rings. The molecule has 3 aromatic rings. The summed E-state index contributed by atoms with van der Waals surface area (Å²) in [6.07, 6.45) is 3.61. The van der Waals surface area contributed by atoms with Crippen molar-refractivity contribution < 1.29 is 73.8 Å². The van der Waals surface area contributed by atoms with E-state index >= 15 is 0 Å². The Morgan fingerprint density at radius 2 is 1.37 bits per heavy atom. The number of H-pyrrole nitrogens is 2. The lowest BCUT2D eigenvalue weighted by Crippen LogP contribution is -2.69. The van der Waals surface area contributed by atoms with Crippen molar-refractivity contribution in [3.05, 3.63) is 54.2 Å². The molecule has 10 atom stereocenters. The van der Waals surface area contributed by atoms with Crippen molar-refractivity contribution in [1.82, 2.24) is 57.1 Å². The van der Waals surface area contributed by atoms with Gasteiger partial charge in [-0.15, -0.1) is 0 Å². The summed E-state index contributed by atoms with van der Waals surface area (Å²) in [5.74, 6) is -10.2. The predicted octanol–water partition coefficient (Wildman–Crippen LogP) is -6.90. The van der Waals surface area contributed by atoms with Crippen LogP contribution in [0.1, 0.15) is 70.1 Å². The summed E-state index contributed by atoms with van der Waals surface area (Å²) < 4.78 is 0. The third-order valence-corrected chi connectivity index (χ3v) is 13.1. The van der Waals surface area contributed by atoms with Crippen LogP contribution in [0.5, 0.6) is 0 Å². The monoisotopic (exact) mass is 1080 g/mol. The van der Waals surface area contributed by atoms with Crippen LogP contribution >= 0.6 is 11.8 Å². The average molecular weight is 1090 g/mol. The van der Waals surface area contributed by atoms with E-state index < -0.39 is 158 Å². The number of amides is 10. The number of hydrogen-bond donors (Lipinski definition) is 14. The lowest BCUT2D eigenvalue weighted by atomic mass is 10.0. The van der Waals surface area contributed by atoms with Crippen LogP contribution in [0.25, 0.3) is 10.9 Å². The van der Waals surface area contributed by atoms with Crippen LogP contribution in [0.4, 0.5) is 0 Å². The van der Waals surface area contributed by atoms with Gasteiger partial charge < -0.3 is 89.4 Å². The molecule has 29 heteroatoms. The third kappa shape index (κ3) is 18.0. The zero-order valence-corrected chi connectivity index (χ0v) is 43.1. The number of carboxylic acid groups (broad SMARTS) is 1. The molecule has 76 heavy (non-hydrogen) atoms. The lowest BCUT2D eigenvalue weighted by Gasteiger charge is -2.30. The molecule has 0 spiro atoms. The molecule has 416 valence electrons. The van der Waals surface area contributed by atoms with Crippen molar-refractivity contribution in [2.45, 2.75) is 132 Å². The second-order valence-electron chi connectivity index (χ2n) is 18.3. The van der Waals surface area contributed by atoms with Gasteiger partial charge in [-0.3, -0.25) is 47.9 Å². The molecule has 3 heterocycles. The molecule has 2 aromatic heterocycles. The number of para-hydroxylation sites is 1. The van der Waals surface area contributed by atoms with Crippen LogP contribution in [0, 0.1) is 0 Å². The minimum atomic E-state index is -1.91. The molecule has 10 amide bonds. The number of aromatic nitrogens is 3. The van der Waals surface area contributed by atoms with Gasteiger partial charge in [-0.05, 0) is 63.2 Å². The number of fused-ring (bicyclic) bond motifs is 1. The highest BCUT2D eigenvalue weighted by atomic mass is 32.2. The zero-order chi connectivity index (χ0) is 56.2. The summed E-state index contributed by atoms with van der Waals surface area (Å²) >= 11 is 1.54. The van der Waals surface area contributed by atoms with Gasteiger partial charge in [0.15, 0.2) is 6.04 Å². The number of aliphatic hydroxyl groups excluding tert-OH is 2. The number of benzene rings is 1. The Morgan fingerprint density at radius 1 is 0.776 bits per heavy atom. The number of aromatic amines is 2. The highest BCUT2D eigenvalue weighted by Crippen LogP contribution is 2.21. The number of carbonyl (C=O) groups is 11. The number of rotatable bonds is 31. The van der Waals surface area contributed by atoms with Crippen molar-refractivity contribution in [3.8, 4) is 0 Å². The summed E-state index contributed by atoms with van der Waals surface area (Å²) in [5.41, 5.74) is 16.3. The van der Waals surface area contributed by atoms with Gasteiger partial charge in [0.1, 0.15) is 42.3 Å². The van der Waals surface area contributed by atoms with Gasteiger partial charge in [0.2, 0.25) is 53.2 Å². The highest BCUT2D eigenvalue weighted by Gasteiger charge is 2.40. The molecule has 1 aromatic carbocycles. The predicted molar refractivity (Wildman–Crippen MR) is 269 cm³/mol. The van der Waals surface area contributed by atoms with Crippen molar-refractivity contribution in [3.63, 3.8) is 0 Å². The van der Waals surface area contributed by atoms with Gasteiger partial charge in [-0.1, -0.05) is 18.2 Å². The smallest absolute Gasteiger partial charge is 0.278 e. The average Bonchev–Trinajstić information content (AvgIpc) is 4.18. The molecular formula is C47H68N14O14S. The number of quaternary nitrogens is 1. The molecule has 28 nitrogen and oxygen atoms in total. The summed E-state index contributed by atoms with van der Waals surface area (Å²) in [5, 5.41) is 50.3. The second-order valence-corrected chi connectivity index (χ2v) is 19.3. The van der Waals surface area contributed by atoms with Gasteiger partial charge in [0.25, 0.3) is 5.91 Å². The number of thioether (sulfide) groups is 1. The first-order chi connectivity index (χ1) is 36.0. The molecule has 0 aliphatic carbocycles. The molecule has 18 N–H and O–H groups in total. The van der Waals surface area contributed by atoms with Crippen LogP contribution in [-0.2, 0) is 65.6 Å². The summed E-state index contributed by atoms with van der Waals surface area (Å²) in [7, 11) is 0. The van der Waals surface area contributed by atoms with Gasteiger partial charge in [0, 0.05) is 67.6 Å². The maximum Gasteiger partial charge on any atom is 0.278 e. The first kappa shape index (κ1) is 60.9. The molecule has 0 unspecified atom stereocenters. The summed E-state index contributed by atoms with van der Waals surface area (Å²) in [6, 6.07) is -5.98.